The van der Waals surface area contributed by atoms with Gasteiger partial charge in [0.1, 0.15) is 18.3 Å². The average molecular weight is 150 g/mol. The topological polar surface area (TPSA) is 90.2 Å². The SMILES string of the molecule is OC[C@@H]1OC(O)C(O)[C@@H]1O. The fourth-order valence-electron chi connectivity index (χ4n) is 0.880. The molecule has 60 valence electrons. The van der Waals surface area contributed by atoms with Crippen LogP contribution in [0.3, 0.4) is 0 Å². The highest BCUT2D eigenvalue weighted by atomic mass is 16.6. The maximum atomic E-state index is 8.93. The van der Waals surface area contributed by atoms with Gasteiger partial charge in [-0.25, -0.2) is 0 Å². The Kier molecular flexibility index (Phi) is 2.22. The van der Waals surface area contributed by atoms with E-state index in [1.807, 2.05) is 0 Å². The van der Waals surface area contributed by atoms with Crippen LogP contribution in [-0.2, 0) is 4.74 Å². The molecule has 0 saturated carbocycles. The van der Waals surface area contributed by atoms with Crippen molar-refractivity contribution in [3.05, 3.63) is 0 Å². The molecule has 1 heterocycles. The first-order chi connectivity index (χ1) is 4.66. The third-order valence-corrected chi connectivity index (χ3v) is 1.52. The summed E-state index contributed by atoms with van der Waals surface area (Å²) < 4.78 is 4.54. The highest BCUT2D eigenvalue weighted by Crippen LogP contribution is 2.18. The molecule has 5 heteroatoms. The fourth-order valence-corrected chi connectivity index (χ4v) is 0.880. The van der Waals surface area contributed by atoms with E-state index in [9.17, 15) is 0 Å². The number of hydrogen-bond acceptors (Lipinski definition) is 5. The van der Waals surface area contributed by atoms with Gasteiger partial charge in [-0.05, 0) is 0 Å². The Balaban J connectivity index is 2.53. The van der Waals surface area contributed by atoms with Crippen LogP contribution in [0, 0.1) is 0 Å². The number of rotatable bonds is 1. The molecule has 10 heavy (non-hydrogen) atoms. The van der Waals surface area contributed by atoms with E-state index in [0.29, 0.717) is 0 Å². The third-order valence-electron chi connectivity index (χ3n) is 1.52. The van der Waals surface area contributed by atoms with Crippen molar-refractivity contribution < 1.29 is 25.2 Å². The van der Waals surface area contributed by atoms with Crippen molar-refractivity contribution in [1.82, 2.24) is 0 Å². The summed E-state index contributed by atoms with van der Waals surface area (Å²) in [6.45, 7) is -0.407. The van der Waals surface area contributed by atoms with Crippen LogP contribution in [0.25, 0.3) is 0 Å². The molecule has 0 aromatic heterocycles. The van der Waals surface area contributed by atoms with Gasteiger partial charge in [0.25, 0.3) is 0 Å². The first-order valence-corrected chi connectivity index (χ1v) is 2.97. The van der Waals surface area contributed by atoms with Gasteiger partial charge in [0.05, 0.1) is 6.61 Å². The minimum atomic E-state index is -1.38. The van der Waals surface area contributed by atoms with Crippen LogP contribution < -0.4 is 0 Å². The molecule has 1 fully saturated rings. The molecular formula is C5H10O5. The molecule has 0 bridgehead atoms. The standard InChI is InChI=1S/C5H10O5/c6-1-2-3(7)4(8)5(9)10-2/h2-9H,1H2/t2-,3+,4?,5?/m0/s1. The van der Waals surface area contributed by atoms with Gasteiger partial charge in [-0.3, -0.25) is 0 Å². The predicted molar refractivity (Wildman–Crippen MR) is 30.0 cm³/mol. The van der Waals surface area contributed by atoms with Crippen LogP contribution in [0.5, 0.6) is 0 Å². The predicted octanol–water partition coefficient (Wildman–Crippen LogP) is -2.58. The Bertz CT molecular complexity index is 117. The van der Waals surface area contributed by atoms with Crippen LogP contribution in [-0.4, -0.2) is 51.6 Å². The summed E-state index contributed by atoms with van der Waals surface area (Å²) in [5, 5.41) is 35.0. The van der Waals surface area contributed by atoms with Crippen molar-refractivity contribution in [2.24, 2.45) is 0 Å². The largest absolute Gasteiger partial charge is 0.394 e. The Labute approximate surface area is 57.5 Å². The molecule has 1 aliphatic rings. The first-order valence-electron chi connectivity index (χ1n) is 2.97. The molecule has 0 radical (unpaired) electrons. The highest BCUT2D eigenvalue weighted by molar-refractivity contribution is 4.84. The van der Waals surface area contributed by atoms with Gasteiger partial charge in [-0.2, -0.15) is 0 Å². The zero-order chi connectivity index (χ0) is 7.72. The Hall–Kier alpha value is -0.200. The van der Waals surface area contributed by atoms with E-state index >= 15 is 0 Å². The second-order valence-electron chi connectivity index (χ2n) is 2.23. The van der Waals surface area contributed by atoms with Gasteiger partial charge >= 0.3 is 0 Å². The molecule has 0 spiro atoms. The smallest absolute Gasteiger partial charge is 0.184 e. The number of hydrogen-bond donors (Lipinski definition) is 4. The van der Waals surface area contributed by atoms with Crippen LogP contribution in [0.1, 0.15) is 0 Å². The normalized spacial score (nSPS) is 48.0. The zero-order valence-electron chi connectivity index (χ0n) is 5.21. The van der Waals surface area contributed by atoms with E-state index < -0.39 is 31.2 Å². The van der Waals surface area contributed by atoms with Crippen LogP contribution in [0.2, 0.25) is 0 Å². The van der Waals surface area contributed by atoms with E-state index in [2.05, 4.69) is 4.74 Å². The van der Waals surface area contributed by atoms with Crippen molar-refractivity contribution >= 4 is 0 Å². The quantitative estimate of drug-likeness (QED) is 0.329. The number of aliphatic hydroxyl groups is 4. The van der Waals surface area contributed by atoms with Gasteiger partial charge in [0, 0.05) is 0 Å². The van der Waals surface area contributed by atoms with Gasteiger partial charge in [0.15, 0.2) is 6.29 Å². The van der Waals surface area contributed by atoms with Crippen LogP contribution in [0.4, 0.5) is 0 Å². The lowest BCUT2D eigenvalue weighted by Gasteiger charge is -2.09. The summed E-state index contributed by atoms with van der Waals surface area (Å²) in [6.07, 6.45) is -4.76. The maximum absolute atomic E-state index is 8.93. The van der Waals surface area contributed by atoms with Crippen molar-refractivity contribution in [3.8, 4) is 0 Å². The molecule has 0 aromatic rings. The summed E-state index contributed by atoms with van der Waals surface area (Å²) in [4.78, 5) is 0. The molecule has 4 N–H and O–H groups in total. The van der Waals surface area contributed by atoms with Crippen molar-refractivity contribution in [2.75, 3.05) is 6.61 Å². The molecule has 4 atom stereocenters. The Morgan fingerprint density at radius 1 is 1.10 bits per heavy atom. The highest BCUT2D eigenvalue weighted by Gasteiger charge is 2.41. The fraction of sp³-hybridized carbons (Fsp3) is 1.00. The molecule has 1 saturated heterocycles. The molecule has 0 aromatic carbocycles. The monoisotopic (exact) mass is 150 g/mol. The average Bonchev–Trinajstić information content (AvgIpc) is 2.17. The first kappa shape index (κ1) is 7.90. The molecule has 1 aliphatic heterocycles. The lowest BCUT2D eigenvalue weighted by Crippen LogP contribution is -2.33. The Morgan fingerprint density at radius 3 is 1.90 bits per heavy atom. The van der Waals surface area contributed by atoms with Crippen molar-refractivity contribution in [3.63, 3.8) is 0 Å². The van der Waals surface area contributed by atoms with E-state index in [1.54, 1.807) is 0 Å². The summed E-state index contributed by atoms with van der Waals surface area (Å²) >= 11 is 0. The van der Waals surface area contributed by atoms with E-state index in [-0.39, 0.29) is 0 Å². The summed E-state index contributed by atoms with van der Waals surface area (Å²) in [7, 11) is 0. The zero-order valence-corrected chi connectivity index (χ0v) is 5.21. The number of aliphatic hydroxyl groups excluding tert-OH is 4. The van der Waals surface area contributed by atoms with Crippen LogP contribution >= 0.6 is 0 Å². The summed E-state index contributed by atoms with van der Waals surface area (Å²) in [5.41, 5.74) is 0. The van der Waals surface area contributed by atoms with E-state index in [1.165, 1.54) is 0 Å². The molecule has 0 aliphatic carbocycles. The third kappa shape index (κ3) is 1.14. The van der Waals surface area contributed by atoms with Gasteiger partial charge in [-0.15, -0.1) is 0 Å². The molecule has 0 amide bonds. The minimum absolute atomic E-state index is 0.407. The second-order valence-corrected chi connectivity index (χ2v) is 2.23. The maximum Gasteiger partial charge on any atom is 0.184 e. The summed E-state index contributed by atoms with van der Waals surface area (Å²) in [5.74, 6) is 0. The molecule has 1 rings (SSSR count). The molecule has 2 unspecified atom stereocenters. The molecule has 5 nitrogen and oxygen atoms in total. The van der Waals surface area contributed by atoms with Crippen molar-refractivity contribution in [1.29, 1.82) is 0 Å². The minimum Gasteiger partial charge on any atom is -0.394 e. The van der Waals surface area contributed by atoms with E-state index in [4.69, 9.17) is 20.4 Å². The Morgan fingerprint density at radius 2 is 1.70 bits per heavy atom. The second kappa shape index (κ2) is 2.81. The van der Waals surface area contributed by atoms with Gasteiger partial charge in [0.2, 0.25) is 0 Å². The number of ether oxygens (including phenoxy) is 1. The van der Waals surface area contributed by atoms with Crippen LogP contribution in [0.15, 0.2) is 0 Å². The molecular weight excluding hydrogens is 140 g/mol. The summed E-state index contributed by atoms with van der Waals surface area (Å²) in [6, 6.07) is 0. The van der Waals surface area contributed by atoms with Gasteiger partial charge in [-0.1, -0.05) is 0 Å². The van der Waals surface area contributed by atoms with Crippen molar-refractivity contribution in [2.45, 2.75) is 24.6 Å². The van der Waals surface area contributed by atoms with E-state index in [0.717, 1.165) is 0 Å². The lowest BCUT2D eigenvalue weighted by atomic mass is 10.1. The van der Waals surface area contributed by atoms with Gasteiger partial charge < -0.3 is 25.2 Å². The lowest BCUT2D eigenvalue weighted by molar-refractivity contribution is -0.132.